The third-order valence-corrected chi connectivity index (χ3v) is 3.86. The zero-order valence-corrected chi connectivity index (χ0v) is 13.0. The van der Waals surface area contributed by atoms with Crippen molar-refractivity contribution < 1.29 is 8.78 Å². The number of aromatic nitrogens is 2. The van der Waals surface area contributed by atoms with E-state index in [-0.39, 0.29) is 5.69 Å². The van der Waals surface area contributed by atoms with Crippen LogP contribution in [-0.2, 0) is 12.3 Å². The molecule has 2 aromatic heterocycles. The van der Waals surface area contributed by atoms with E-state index in [4.69, 9.17) is 11.6 Å². The van der Waals surface area contributed by atoms with Crippen molar-refractivity contribution in [2.75, 3.05) is 23.8 Å². The van der Waals surface area contributed by atoms with E-state index in [2.05, 4.69) is 15.3 Å². The first kappa shape index (κ1) is 15.0. The van der Waals surface area contributed by atoms with E-state index in [9.17, 15) is 8.78 Å². The molecule has 0 saturated carbocycles. The van der Waals surface area contributed by atoms with E-state index in [1.165, 1.54) is 6.07 Å². The van der Waals surface area contributed by atoms with Gasteiger partial charge in [0.25, 0.3) is 5.92 Å². The highest BCUT2D eigenvalue weighted by atomic mass is 35.5. The van der Waals surface area contributed by atoms with Crippen molar-refractivity contribution in [1.29, 1.82) is 0 Å². The molecular formula is C15H15ClF2N4. The first-order valence-electron chi connectivity index (χ1n) is 6.88. The summed E-state index contributed by atoms with van der Waals surface area (Å²) in [6.07, 6.45) is 2.50. The van der Waals surface area contributed by atoms with Gasteiger partial charge in [-0.2, -0.15) is 8.78 Å². The molecule has 3 heterocycles. The van der Waals surface area contributed by atoms with Crippen LogP contribution in [0.4, 0.5) is 26.0 Å². The average Bonchev–Trinajstić information content (AvgIpc) is 2.88. The molecule has 0 atom stereocenters. The Bertz CT molecular complexity index is 715. The van der Waals surface area contributed by atoms with Gasteiger partial charge in [0.1, 0.15) is 16.7 Å². The smallest absolute Gasteiger partial charge is 0.287 e. The van der Waals surface area contributed by atoms with Crippen LogP contribution in [0.3, 0.4) is 0 Å². The van der Waals surface area contributed by atoms with Crippen LogP contribution in [0, 0.1) is 0 Å². The van der Waals surface area contributed by atoms with Crippen LogP contribution >= 0.6 is 11.6 Å². The number of anilines is 3. The van der Waals surface area contributed by atoms with Gasteiger partial charge in [0.2, 0.25) is 0 Å². The van der Waals surface area contributed by atoms with E-state index in [1.54, 1.807) is 25.4 Å². The van der Waals surface area contributed by atoms with Crippen molar-refractivity contribution in [3.63, 3.8) is 0 Å². The lowest BCUT2D eigenvalue weighted by molar-refractivity contribution is 0.0129. The number of hydrogen-bond donors (Lipinski definition) is 1. The summed E-state index contributed by atoms with van der Waals surface area (Å²) in [5.41, 5.74) is 2.23. The maximum Gasteiger partial charge on any atom is 0.287 e. The van der Waals surface area contributed by atoms with Crippen molar-refractivity contribution in [2.24, 2.45) is 0 Å². The van der Waals surface area contributed by atoms with Gasteiger partial charge < -0.3 is 10.2 Å². The highest BCUT2D eigenvalue weighted by molar-refractivity contribution is 6.29. The molecule has 4 nitrogen and oxygen atoms in total. The molecule has 2 aromatic rings. The zero-order chi connectivity index (χ0) is 15.9. The third kappa shape index (κ3) is 2.70. The van der Waals surface area contributed by atoms with Gasteiger partial charge in [0.15, 0.2) is 0 Å². The molecule has 1 N–H and O–H groups in total. The van der Waals surface area contributed by atoms with E-state index >= 15 is 0 Å². The molecule has 22 heavy (non-hydrogen) atoms. The molecule has 0 bridgehead atoms. The molecule has 7 heteroatoms. The predicted octanol–water partition coefficient (Wildman–Crippen LogP) is 3.98. The van der Waals surface area contributed by atoms with Gasteiger partial charge in [-0.05, 0) is 24.1 Å². The quantitative estimate of drug-likeness (QED) is 0.867. The zero-order valence-electron chi connectivity index (χ0n) is 12.2. The first-order valence-corrected chi connectivity index (χ1v) is 7.26. The largest absolute Gasteiger partial charge is 0.388 e. The van der Waals surface area contributed by atoms with Gasteiger partial charge in [0, 0.05) is 38.5 Å². The molecule has 1 aliphatic heterocycles. The van der Waals surface area contributed by atoms with Crippen LogP contribution in [0.25, 0.3) is 0 Å². The van der Waals surface area contributed by atoms with E-state index in [0.717, 1.165) is 24.6 Å². The van der Waals surface area contributed by atoms with Gasteiger partial charge in [-0.1, -0.05) is 11.6 Å². The van der Waals surface area contributed by atoms with Crippen LogP contribution < -0.4 is 10.2 Å². The standard InChI is InChI=1S/C15H15ClF2N4/c1-15(17,18)12-5-10(19-2)6-14(21-12)22-4-3-9-8-20-13(16)7-11(9)22/h5-8H,3-4H2,1-2H3,(H,19,21). The first-order chi connectivity index (χ1) is 10.4. The number of rotatable bonds is 3. The molecule has 0 aliphatic carbocycles. The van der Waals surface area contributed by atoms with Crippen molar-refractivity contribution in [2.45, 2.75) is 19.3 Å². The summed E-state index contributed by atoms with van der Waals surface area (Å²) in [7, 11) is 1.69. The Balaban J connectivity index is 2.09. The highest BCUT2D eigenvalue weighted by Crippen LogP contribution is 2.37. The average molecular weight is 325 g/mol. The van der Waals surface area contributed by atoms with Crippen LogP contribution in [0.1, 0.15) is 18.2 Å². The van der Waals surface area contributed by atoms with Gasteiger partial charge in [-0.3, -0.25) is 0 Å². The predicted molar refractivity (Wildman–Crippen MR) is 83.3 cm³/mol. The number of nitrogens with zero attached hydrogens (tertiary/aromatic N) is 3. The molecule has 0 aromatic carbocycles. The summed E-state index contributed by atoms with van der Waals surface area (Å²) in [4.78, 5) is 10.1. The number of pyridine rings is 2. The van der Waals surface area contributed by atoms with Crippen molar-refractivity contribution in [1.82, 2.24) is 9.97 Å². The minimum Gasteiger partial charge on any atom is -0.388 e. The van der Waals surface area contributed by atoms with E-state index in [0.29, 0.717) is 23.2 Å². The second kappa shape index (κ2) is 5.35. The van der Waals surface area contributed by atoms with Crippen LogP contribution in [-0.4, -0.2) is 23.6 Å². The highest BCUT2D eigenvalue weighted by Gasteiger charge is 2.29. The fraction of sp³-hybridized carbons (Fsp3) is 0.333. The second-order valence-corrected chi connectivity index (χ2v) is 5.66. The maximum atomic E-state index is 13.7. The molecule has 3 rings (SSSR count). The second-order valence-electron chi connectivity index (χ2n) is 5.28. The Hall–Kier alpha value is -1.95. The lowest BCUT2D eigenvalue weighted by Crippen LogP contribution is -2.18. The fourth-order valence-corrected chi connectivity index (χ4v) is 2.66. The minimum atomic E-state index is -3.00. The van der Waals surface area contributed by atoms with Crippen molar-refractivity contribution in [3.05, 3.63) is 40.8 Å². The Morgan fingerprint density at radius 3 is 2.77 bits per heavy atom. The maximum absolute atomic E-state index is 13.7. The number of fused-ring (bicyclic) bond motifs is 1. The molecule has 0 amide bonds. The summed E-state index contributed by atoms with van der Waals surface area (Å²) in [6, 6.07) is 4.85. The molecule has 0 radical (unpaired) electrons. The minimum absolute atomic E-state index is 0.261. The number of hydrogen-bond acceptors (Lipinski definition) is 4. The molecule has 1 aliphatic rings. The molecule has 116 valence electrons. The van der Waals surface area contributed by atoms with Gasteiger partial charge >= 0.3 is 0 Å². The number of alkyl halides is 2. The summed E-state index contributed by atoms with van der Waals surface area (Å²) in [5, 5.41) is 3.27. The molecule has 0 unspecified atom stereocenters. The molecule has 0 saturated heterocycles. The Kier molecular flexibility index (Phi) is 3.64. The number of nitrogens with one attached hydrogen (secondary N) is 1. The van der Waals surface area contributed by atoms with Crippen molar-refractivity contribution in [3.8, 4) is 0 Å². The fourth-order valence-electron chi connectivity index (χ4n) is 2.51. The Labute approximate surface area is 132 Å². The summed E-state index contributed by atoms with van der Waals surface area (Å²) >= 11 is 5.95. The summed E-state index contributed by atoms with van der Waals surface area (Å²) in [6.45, 7) is 1.50. The Morgan fingerprint density at radius 2 is 2.09 bits per heavy atom. The normalized spacial score (nSPS) is 14.1. The third-order valence-electron chi connectivity index (χ3n) is 3.65. The molecule has 0 spiro atoms. The summed E-state index contributed by atoms with van der Waals surface area (Å²) < 4.78 is 27.3. The lowest BCUT2D eigenvalue weighted by Gasteiger charge is -2.21. The van der Waals surface area contributed by atoms with Gasteiger partial charge in [-0.15, -0.1) is 0 Å². The lowest BCUT2D eigenvalue weighted by atomic mass is 10.2. The summed E-state index contributed by atoms with van der Waals surface area (Å²) in [5.74, 6) is -2.52. The molecular weight excluding hydrogens is 310 g/mol. The van der Waals surface area contributed by atoms with Crippen LogP contribution in [0.5, 0.6) is 0 Å². The van der Waals surface area contributed by atoms with E-state index < -0.39 is 5.92 Å². The number of halogens is 3. The molecule has 0 fully saturated rings. The monoisotopic (exact) mass is 324 g/mol. The van der Waals surface area contributed by atoms with E-state index in [1.807, 2.05) is 4.90 Å². The topological polar surface area (TPSA) is 41.0 Å². The van der Waals surface area contributed by atoms with Crippen LogP contribution in [0.15, 0.2) is 24.4 Å². The van der Waals surface area contributed by atoms with Gasteiger partial charge in [-0.25, -0.2) is 9.97 Å². The Morgan fingerprint density at radius 1 is 1.32 bits per heavy atom. The SMILES string of the molecule is CNc1cc(N2CCc3cnc(Cl)cc32)nc(C(C)(F)F)c1. The van der Waals surface area contributed by atoms with Gasteiger partial charge in [0.05, 0.1) is 5.69 Å². The van der Waals surface area contributed by atoms with Crippen LogP contribution in [0.2, 0.25) is 5.15 Å². The van der Waals surface area contributed by atoms with Crippen molar-refractivity contribution >= 4 is 28.8 Å².